The van der Waals surface area contributed by atoms with Crippen molar-refractivity contribution in [3.05, 3.63) is 31.5 Å². The largest absolute Gasteiger partial charge is 0.330 e. The molecule has 0 bridgehead atoms. The van der Waals surface area contributed by atoms with Gasteiger partial charge in [0.25, 0.3) is 5.56 Å². The van der Waals surface area contributed by atoms with E-state index in [1.54, 1.807) is 7.05 Å². The molecule has 0 aliphatic rings. The van der Waals surface area contributed by atoms with Crippen molar-refractivity contribution in [2.45, 2.75) is 6.54 Å². The highest BCUT2D eigenvalue weighted by Gasteiger charge is 2.07. The van der Waals surface area contributed by atoms with Crippen LogP contribution >= 0.6 is 15.9 Å². The summed E-state index contributed by atoms with van der Waals surface area (Å²) >= 11 is 3.13. The van der Waals surface area contributed by atoms with Crippen molar-refractivity contribution < 1.29 is 0 Å². The van der Waals surface area contributed by atoms with Gasteiger partial charge < -0.3 is 9.47 Å². The summed E-state index contributed by atoms with van der Waals surface area (Å²) in [4.78, 5) is 25.2. The lowest BCUT2D eigenvalue weighted by atomic mass is 10.5. The Kier molecular flexibility index (Phi) is 3.87. The number of hydrogen-bond donors (Lipinski definition) is 0. The summed E-state index contributed by atoms with van der Waals surface area (Å²) in [6, 6.07) is 0. The maximum atomic E-state index is 11.6. The van der Waals surface area contributed by atoms with Crippen molar-refractivity contribution in [1.29, 1.82) is 0 Å². The normalized spacial score (nSPS) is 11.0. The van der Waals surface area contributed by atoms with Gasteiger partial charge in [-0.2, -0.15) is 0 Å². The molecule has 6 heteroatoms. The maximum absolute atomic E-state index is 11.6. The van der Waals surface area contributed by atoms with Crippen molar-refractivity contribution in [2.24, 2.45) is 7.05 Å². The van der Waals surface area contributed by atoms with Crippen LogP contribution in [-0.4, -0.2) is 34.7 Å². The fraction of sp³-hybridized carbons (Fsp3) is 0.556. The molecule has 0 saturated carbocycles. The van der Waals surface area contributed by atoms with E-state index in [0.717, 1.165) is 0 Å². The minimum atomic E-state index is -0.287. The fourth-order valence-electron chi connectivity index (χ4n) is 1.18. The first-order valence-electron chi connectivity index (χ1n) is 4.54. The molecule has 84 valence electrons. The second-order valence-corrected chi connectivity index (χ2v) is 4.48. The topological polar surface area (TPSA) is 47.2 Å². The van der Waals surface area contributed by atoms with Gasteiger partial charge in [-0.05, 0) is 30.0 Å². The Morgan fingerprint density at radius 1 is 1.40 bits per heavy atom. The molecular formula is C9H14BrN3O2. The maximum Gasteiger partial charge on any atom is 0.330 e. The van der Waals surface area contributed by atoms with Crippen molar-refractivity contribution in [2.75, 3.05) is 20.6 Å². The van der Waals surface area contributed by atoms with Gasteiger partial charge in [-0.15, -0.1) is 0 Å². The van der Waals surface area contributed by atoms with Gasteiger partial charge in [0.1, 0.15) is 0 Å². The monoisotopic (exact) mass is 275 g/mol. The summed E-state index contributed by atoms with van der Waals surface area (Å²) in [6.45, 7) is 1.06. The lowest BCUT2D eigenvalue weighted by Crippen LogP contribution is -2.41. The molecule has 0 atom stereocenters. The zero-order valence-corrected chi connectivity index (χ0v) is 10.6. The van der Waals surface area contributed by atoms with Gasteiger partial charge >= 0.3 is 5.69 Å². The van der Waals surface area contributed by atoms with Gasteiger partial charge in [-0.25, -0.2) is 4.79 Å². The van der Waals surface area contributed by atoms with Gasteiger partial charge in [0.15, 0.2) is 0 Å². The first kappa shape index (κ1) is 12.2. The third kappa shape index (κ3) is 2.79. The number of halogens is 1. The number of aryl methyl sites for hydroxylation is 1. The molecule has 1 heterocycles. The van der Waals surface area contributed by atoms with Crippen LogP contribution < -0.4 is 11.2 Å². The molecule has 0 fully saturated rings. The first-order chi connectivity index (χ1) is 6.93. The Morgan fingerprint density at radius 3 is 2.53 bits per heavy atom. The number of aromatic nitrogens is 2. The number of nitrogens with zero attached hydrogens (tertiary/aromatic N) is 3. The highest BCUT2D eigenvalue weighted by molar-refractivity contribution is 9.10. The predicted molar refractivity (Wildman–Crippen MR) is 62.2 cm³/mol. The number of hydrogen-bond acceptors (Lipinski definition) is 3. The smallest absolute Gasteiger partial charge is 0.308 e. The summed E-state index contributed by atoms with van der Waals surface area (Å²) in [5.41, 5.74) is -0.565. The van der Waals surface area contributed by atoms with E-state index in [2.05, 4.69) is 15.9 Å². The lowest BCUT2D eigenvalue weighted by Gasteiger charge is -2.11. The van der Waals surface area contributed by atoms with Crippen molar-refractivity contribution in [3.8, 4) is 0 Å². The van der Waals surface area contributed by atoms with Crippen molar-refractivity contribution >= 4 is 15.9 Å². The zero-order chi connectivity index (χ0) is 11.6. The molecule has 1 aromatic heterocycles. The van der Waals surface area contributed by atoms with Crippen LogP contribution in [0.2, 0.25) is 0 Å². The highest BCUT2D eigenvalue weighted by atomic mass is 79.9. The van der Waals surface area contributed by atoms with Gasteiger partial charge in [0.05, 0.1) is 4.47 Å². The van der Waals surface area contributed by atoms with E-state index in [0.29, 0.717) is 17.6 Å². The van der Waals surface area contributed by atoms with Crippen LogP contribution in [0.25, 0.3) is 0 Å². The van der Waals surface area contributed by atoms with Crippen LogP contribution in [0, 0.1) is 0 Å². The second kappa shape index (κ2) is 4.76. The standard InChI is InChI=1S/C9H14BrN3O2/c1-11(2)4-5-13-8(14)7(10)6-12(3)9(13)15/h6H,4-5H2,1-3H3. The molecule has 0 amide bonds. The minimum absolute atomic E-state index is 0.278. The molecule has 0 aliphatic carbocycles. The average molecular weight is 276 g/mol. The second-order valence-electron chi connectivity index (χ2n) is 3.63. The van der Waals surface area contributed by atoms with Crippen molar-refractivity contribution in [1.82, 2.24) is 14.0 Å². The van der Waals surface area contributed by atoms with E-state index in [4.69, 9.17) is 0 Å². The molecule has 0 unspecified atom stereocenters. The third-order valence-corrected chi connectivity index (χ3v) is 2.60. The molecule has 1 aromatic rings. The van der Waals surface area contributed by atoms with Crippen LogP contribution in [0.4, 0.5) is 0 Å². The Bertz CT molecular complexity index is 427. The molecule has 0 saturated heterocycles. The first-order valence-corrected chi connectivity index (χ1v) is 5.33. The summed E-state index contributed by atoms with van der Waals surface area (Å²) in [5.74, 6) is 0. The average Bonchev–Trinajstić information content (AvgIpc) is 2.14. The van der Waals surface area contributed by atoms with Crippen LogP contribution in [0.3, 0.4) is 0 Å². The molecule has 0 aliphatic heterocycles. The van der Waals surface area contributed by atoms with Gasteiger partial charge in [-0.1, -0.05) is 0 Å². The Balaban J connectivity index is 3.16. The van der Waals surface area contributed by atoms with E-state index in [-0.39, 0.29) is 11.2 Å². The molecule has 0 radical (unpaired) electrons. The Hall–Kier alpha value is -0.880. The van der Waals surface area contributed by atoms with E-state index in [9.17, 15) is 9.59 Å². The van der Waals surface area contributed by atoms with Crippen LogP contribution in [0.1, 0.15) is 0 Å². The summed E-state index contributed by atoms with van der Waals surface area (Å²) < 4.78 is 3.02. The molecule has 1 rings (SSSR count). The van der Waals surface area contributed by atoms with E-state index >= 15 is 0 Å². The molecule has 0 spiro atoms. The summed E-state index contributed by atoms with van der Waals surface area (Å²) in [7, 11) is 5.42. The number of likely N-dealkylation sites (N-methyl/N-ethyl adjacent to an activating group) is 1. The van der Waals surface area contributed by atoms with E-state index < -0.39 is 0 Å². The van der Waals surface area contributed by atoms with Gasteiger partial charge in [0, 0.05) is 26.3 Å². The number of rotatable bonds is 3. The van der Waals surface area contributed by atoms with E-state index in [1.807, 2.05) is 19.0 Å². The Labute approximate surface area is 96.1 Å². The zero-order valence-electron chi connectivity index (χ0n) is 9.03. The quantitative estimate of drug-likeness (QED) is 0.772. The molecular weight excluding hydrogens is 262 g/mol. The molecule has 15 heavy (non-hydrogen) atoms. The van der Waals surface area contributed by atoms with Crippen LogP contribution in [0.5, 0.6) is 0 Å². The van der Waals surface area contributed by atoms with E-state index in [1.165, 1.54) is 15.3 Å². The summed E-state index contributed by atoms with van der Waals surface area (Å²) in [5, 5.41) is 0. The predicted octanol–water partition coefficient (Wildman–Crippen LogP) is -0.129. The summed E-state index contributed by atoms with van der Waals surface area (Å²) in [6.07, 6.45) is 1.48. The fourth-order valence-corrected chi connectivity index (χ4v) is 1.71. The van der Waals surface area contributed by atoms with Crippen LogP contribution in [0.15, 0.2) is 20.3 Å². The molecule has 0 N–H and O–H groups in total. The Morgan fingerprint density at radius 2 is 2.00 bits per heavy atom. The van der Waals surface area contributed by atoms with Gasteiger partial charge in [-0.3, -0.25) is 9.36 Å². The third-order valence-electron chi connectivity index (χ3n) is 2.06. The SMILES string of the molecule is CN(C)CCn1c(=O)c(Br)cn(C)c1=O. The highest BCUT2D eigenvalue weighted by Crippen LogP contribution is 1.97. The van der Waals surface area contributed by atoms with Crippen molar-refractivity contribution in [3.63, 3.8) is 0 Å². The molecule has 0 aromatic carbocycles. The van der Waals surface area contributed by atoms with Crippen LogP contribution in [-0.2, 0) is 13.6 Å². The minimum Gasteiger partial charge on any atom is -0.308 e. The lowest BCUT2D eigenvalue weighted by molar-refractivity contribution is 0.373. The van der Waals surface area contributed by atoms with Gasteiger partial charge in [0.2, 0.25) is 0 Å². The molecule has 5 nitrogen and oxygen atoms in total.